The highest BCUT2D eigenvalue weighted by Crippen LogP contribution is 2.24. The minimum Gasteiger partial charge on any atom is -0.497 e. The molecule has 100 valence electrons. The van der Waals surface area contributed by atoms with Gasteiger partial charge in [0.2, 0.25) is 0 Å². The molecule has 0 saturated heterocycles. The molecule has 0 saturated carbocycles. The topological polar surface area (TPSA) is 63.0 Å². The van der Waals surface area contributed by atoms with Gasteiger partial charge in [-0.15, -0.1) is 0 Å². The lowest BCUT2D eigenvalue weighted by atomic mass is 9.92. The van der Waals surface area contributed by atoms with Crippen LogP contribution in [0.15, 0.2) is 42.7 Å². The van der Waals surface area contributed by atoms with Crippen LogP contribution in [0.1, 0.15) is 21.8 Å². The molecular formula is C15H11FN2O2. The largest absolute Gasteiger partial charge is 0.497 e. The zero-order valence-electron chi connectivity index (χ0n) is 10.7. The zero-order valence-corrected chi connectivity index (χ0v) is 10.7. The number of carbonyl (C=O) groups is 1. The number of nitrogens with zero attached hydrogens (tertiary/aromatic N) is 2. The Balaban J connectivity index is 2.38. The Kier molecular flexibility index (Phi) is 4.06. The second kappa shape index (κ2) is 5.93. The Morgan fingerprint density at radius 1 is 1.35 bits per heavy atom. The fourth-order valence-corrected chi connectivity index (χ4v) is 1.82. The lowest BCUT2D eigenvalue weighted by molar-refractivity contribution is 0.0975. The highest BCUT2D eigenvalue weighted by Gasteiger charge is 2.24. The van der Waals surface area contributed by atoms with Gasteiger partial charge in [0, 0.05) is 18.5 Å². The van der Waals surface area contributed by atoms with Gasteiger partial charge in [-0.3, -0.25) is 9.78 Å². The zero-order chi connectivity index (χ0) is 14.5. The summed E-state index contributed by atoms with van der Waals surface area (Å²) in [5.41, 5.74) is 0.358. The maximum absolute atomic E-state index is 13.9. The molecule has 0 spiro atoms. The summed E-state index contributed by atoms with van der Waals surface area (Å²) < 4.78 is 18.8. The van der Waals surface area contributed by atoms with Crippen molar-refractivity contribution in [2.75, 3.05) is 7.11 Å². The van der Waals surface area contributed by atoms with Gasteiger partial charge in [-0.2, -0.15) is 5.26 Å². The molecular weight excluding hydrogens is 259 g/mol. The van der Waals surface area contributed by atoms with Crippen molar-refractivity contribution in [3.63, 3.8) is 0 Å². The summed E-state index contributed by atoms with van der Waals surface area (Å²) in [6.07, 6.45) is 2.97. The standard InChI is InChI=1S/C15H11FN2O2/c1-20-11-2-3-12(14(16)8-11)15(19)13(9-17)10-4-6-18-7-5-10/h2-8,13H,1H3. The first kappa shape index (κ1) is 13.7. The molecule has 2 aromatic rings. The number of carbonyl (C=O) groups excluding carboxylic acids is 1. The average molecular weight is 270 g/mol. The van der Waals surface area contributed by atoms with E-state index in [9.17, 15) is 9.18 Å². The Hall–Kier alpha value is -2.74. The van der Waals surface area contributed by atoms with Gasteiger partial charge >= 0.3 is 0 Å². The molecule has 1 aromatic carbocycles. The Labute approximate surface area is 115 Å². The van der Waals surface area contributed by atoms with Crippen molar-refractivity contribution >= 4 is 5.78 Å². The van der Waals surface area contributed by atoms with Crippen LogP contribution in [0.25, 0.3) is 0 Å². The number of benzene rings is 1. The van der Waals surface area contributed by atoms with Crippen molar-refractivity contribution in [3.8, 4) is 11.8 Å². The minimum absolute atomic E-state index is 0.130. The van der Waals surface area contributed by atoms with Crippen molar-refractivity contribution in [1.82, 2.24) is 4.98 Å². The molecule has 0 aliphatic rings. The lowest BCUT2D eigenvalue weighted by Crippen LogP contribution is -2.13. The Morgan fingerprint density at radius 2 is 2.05 bits per heavy atom. The van der Waals surface area contributed by atoms with Crippen LogP contribution in [0.3, 0.4) is 0 Å². The molecule has 0 radical (unpaired) electrons. The van der Waals surface area contributed by atoms with E-state index in [2.05, 4.69) is 4.98 Å². The average Bonchev–Trinajstić information content (AvgIpc) is 2.48. The monoisotopic (exact) mass is 270 g/mol. The first-order valence-electron chi connectivity index (χ1n) is 5.84. The van der Waals surface area contributed by atoms with Gasteiger partial charge < -0.3 is 4.74 Å². The molecule has 1 unspecified atom stereocenters. The normalized spacial score (nSPS) is 11.4. The first-order valence-corrected chi connectivity index (χ1v) is 5.84. The number of methoxy groups -OCH3 is 1. The van der Waals surface area contributed by atoms with E-state index in [1.54, 1.807) is 12.1 Å². The molecule has 20 heavy (non-hydrogen) atoms. The van der Waals surface area contributed by atoms with Crippen LogP contribution in [0, 0.1) is 17.1 Å². The van der Waals surface area contributed by atoms with Crippen molar-refractivity contribution < 1.29 is 13.9 Å². The lowest BCUT2D eigenvalue weighted by Gasteiger charge is -2.10. The predicted octanol–water partition coefficient (Wildman–Crippen LogP) is 2.72. The molecule has 0 fully saturated rings. The summed E-state index contributed by atoms with van der Waals surface area (Å²) in [4.78, 5) is 16.1. The van der Waals surface area contributed by atoms with Crippen molar-refractivity contribution in [3.05, 3.63) is 59.7 Å². The number of hydrogen-bond donors (Lipinski definition) is 0. The number of nitriles is 1. The molecule has 2 rings (SSSR count). The van der Waals surface area contributed by atoms with Gasteiger partial charge in [0.05, 0.1) is 18.7 Å². The van der Waals surface area contributed by atoms with Crippen LogP contribution < -0.4 is 4.74 Å². The van der Waals surface area contributed by atoms with Crippen LogP contribution >= 0.6 is 0 Å². The molecule has 1 aromatic heterocycles. The van der Waals surface area contributed by atoms with E-state index >= 15 is 0 Å². The summed E-state index contributed by atoms with van der Waals surface area (Å²) in [5.74, 6) is -2.03. The molecule has 0 aliphatic heterocycles. The van der Waals surface area contributed by atoms with Crippen molar-refractivity contribution in [1.29, 1.82) is 5.26 Å². The van der Waals surface area contributed by atoms with E-state index in [4.69, 9.17) is 10.00 Å². The van der Waals surface area contributed by atoms with Crippen molar-refractivity contribution in [2.24, 2.45) is 0 Å². The summed E-state index contributed by atoms with van der Waals surface area (Å²) in [6.45, 7) is 0. The quantitative estimate of drug-likeness (QED) is 0.801. The fourth-order valence-electron chi connectivity index (χ4n) is 1.82. The van der Waals surface area contributed by atoms with Crippen LogP contribution in [-0.4, -0.2) is 17.9 Å². The van der Waals surface area contributed by atoms with Crippen LogP contribution in [0.2, 0.25) is 0 Å². The van der Waals surface area contributed by atoms with Gasteiger partial charge in [-0.05, 0) is 29.8 Å². The third-order valence-corrected chi connectivity index (χ3v) is 2.87. The Morgan fingerprint density at radius 3 is 2.60 bits per heavy atom. The highest BCUT2D eigenvalue weighted by molar-refractivity contribution is 6.03. The number of ether oxygens (including phenoxy) is 1. The van der Waals surface area contributed by atoms with E-state index in [0.29, 0.717) is 11.3 Å². The van der Waals surface area contributed by atoms with Gasteiger partial charge in [-0.1, -0.05) is 0 Å². The van der Waals surface area contributed by atoms with E-state index in [1.165, 1.54) is 31.6 Å². The molecule has 0 bridgehead atoms. The fraction of sp³-hybridized carbons (Fsp3) is 0.133. The minimum atomic E-state index is -1.05. The number of Topliss-reactive ketones (excluding diaryl/α,β-unsaturated/α-hetero) is 1. The second-order valence-corrected chi connectivity index (χ2v) is 4.05. The van der Waals surface area contributed by atoms with Gasteiger partial charge in [0.1, 0.15) is 17.5 Å². The van der Waals surface area contributed by atoms with E-state index in [1.807, 2.05) is 6.07 Å². The number of ketones is 1. The van der Waals surface area contributed by atoms with E-state index < -0.39 is 17.5 Å². The Bertz CT molecular complexity index is 665. The van der Waals surface area contributed by atoms with Crippen molar-refractivity contribution in [2.45, 2.75) is 5.92 Å². The molecule has 5 heteroatoms. The van der Waals surface area contributed by atoms with Crippen LogP contribution in [0.4, 0.5) is 4.39 Å². The first-order chi connectivity index (χ1) is 9.67. The summed E-state index contributed by atoms with van der Waals surface area (Å²) in [6, 6.07) is 8.95. The van der Waals surface area contributed by atoms with Gasteiger partial charge in [0.25, 0.3) is 0 Å². The number of rotatable bonds is 4. The molecule has 0 N–H and O–H groups in total. The summed E-state index contributed by atoms with van der Waals surface area (Å²) >= 11 is 0. The van der Waals surface area contributed by atoms with Crippen LogP contribution in [-0.2, 0) is 0 Å². The maximum Gasteiger partial charge on any atom is 0.187 e. The number of aromatic nitrogens is 1. The number of hydrogen-bond acceptors (Lipinski definition) is 4. The molecule has 0 aliphatic carbocycles. The number of halogens is 1. The third kappa shape index (κ3) is 2.64. The highest BCUT2D eigenvalue weighted by atomic mass is 19.1. The SMILES string of the molecule is COc1ccc(C(=O)C(C#N)c2ccncc2)c(F)c1. The molecule has 1 atom stereocenters. The van der Waals surface area contributed by atoms with Crippen LogP contribution in [0.5, 0.6) is 5.75 Å². The van der Waals surface area contributed by atoms with Gasteiger partial charge in [-0.25, -0.2) is 4.39 Å². The smallest absolute Gasteiger partial charge is 0.187 e. The molecule has 4 nitrogen and oxygen atoms in total. The summed E-state index contributed by atoms with van der Waals surface area (Å²) in [7, 11) is 1.41. The van der Waals surface area contributed by atoms with Gasteiger partial charge in [0.15, 0.2) is 5.78 Å². The second-order valence-electron chi connectivity index (χ2n) is 4.05. The molecule has 0 amide bonds. The molecule has 1 heterocycles. The van der Waals surface area contributed by atoms with E-state index in [-0.39, 0.29) is 5.56 Å². The van der Waals surface area contributed by atoms with E-state index in [0.717, 1.165) is 6.07 Å². The number of pyridine rings is 1. The predicted molar refractivity (Wildman–Crippen MR) is 69.9 cm³/mol. The summed E-state index contributed by atoms with van der Waals surface area (Å²) in [5, 5.41) is 9.16. The third-order valence-electron chi connectivity index (χ3n) is 2.87. The maximum atomic E-state index is 13.9.